The van der Waals surface area contributed by atoms with Crippen LogP contribution >= 0.6 is 34.8 Å². The molecule has 0 spiro atoms. The molecule has 1 unspecified atom stereocenters. The first kappa shape index (κ1) is 17.1. The molecular weight excluding hydrogens is 326 g/mol. The maximum absolute atomic E-state index is 11.6. The van der Waals surface area contributed by atoms with E-state index in [0.29, 0.717) is 5.56 Å². The van der Waals surface area contributed by atoms with Gasteiger partial charge >= 0.3 is 11.9 Å². The van der Waals surface area contributed by atoms with E-state index in [9.17, 15) is 9.59 Å². The number of halogens is 3. The Bertz CT molecular complexity index is 543. The maximum atomic E-state index is 11.6. The number of benzene rings is 1. The van der Waals surface area contributed by atoms with Gasteiger partial charge in [-0.3, -0.25) is 4.79 Å². The van der Waals surface area contributed by atoms with Gasteiger partial charge in [-0.05, 0) is 18.1 Å². The van der Waals surface area contributed by atoms with E-state index in [-0.39, 0.29) is 33.0 Å². The molecule has 0 saturated carbocycles. The molecule has 0 aliphatic rings. The van der Waals surface area contributed by atoms with E-state index in [4.69, 9.17) is 34.8 Å². The van der Waals surface area contributed by atoms with Crippen molar-refractivity contribution in [3.05, 3.63) is 32.3 Å². The van der Waals surface area contributed by atoms with E-state index >= 15 is 0 Å². The van der Waals surface area contributed by atoms with E-state index in [0.717, 1.165) is 0 Å². The third-order valence-corrected chi connectivity index (χ3v) is 4.15. The minimum Gasteiger partial charge on any atom is -0.469 e. The van der Waals surface area contributed by atoms with Gasteiger partial charge in [-0.2, -0.15) is 0 Å². The van der Waals surface area contributed by atoms with Crippen LogP contribution in [-0.2, 0) is 20.7 Å². The lowest BCUT2D eigenvalue weighted by Gasteiger charge is -2.14. The Hall–Kier alpha value is -0.970. The van der Waals surface area contributed by atoms with Gasteiger partial charge in [0.2, 0.25) is 0 Å². The average Bonchev–Trinajstić information content (AvgIpc) is 2.45. The fraction of sp³-hybridized carbons (Fsp3) is 0.385. The number of carbonyl (C=O) groups is 2. The Morgan fingerprint density at radius 3 is 2.20 bits per heavy atom. The van der Waals surface area contributed by atoms with Crippen LogP contribution in [0.4, 0.5) is 0 Å². The van der Waals surface area contributed by atoms with Gasteiger partial charge in [-0.15, -0.1) is 0 Å². The summed E-state index contributed by atoms with van der Waals surface area (Å²) in [6.45, 7) is 1.68. The second-order valence-electron chi connectivity index (χ2n) is 4.15. The van der Waals surface area contributed by atoms with E-state index < -0.39 is 11.9 Å². The van der Waals surface area contributed by atoms with Crippen molar-refractivity contribution in [2.75, 3.05) is 14.2 Å². The maximum Gasteiger partial charge on any atom is 0.339 e. The predicted octanol–water partition coefficient (Wildman–Crippen LogP) is 3.79. The summed E-state index contributed by atoms with van der Waals surface area (Å²) in [4.78, 5) is 23.1. The number of esters is 2. The summed E-state index contributed by atoms with van der Waals surface area (Å²) in [5.74, 6) is -1.44. The monoisotopic (exact) mass is 338 g/mol. The first-order valence-corrected chi connectivity index (χ1v) is 6.79. The number of methoxy groups -OCH3 is 2. The van der Waals surface area contributed by atoms with Gasteiger partial charge in [0.25, 0.3) is 0 Å². The van der Waals surface area contributed by atoms with Crippen molar-refractivity contribution < 1.29 is 19.1 Å². The third-order valence-electron chi connectivity index (χ3n) is 2.76. The molecule has 110 valence electrons. The Kier molecular flexibility index (Phi) is 6.11. The molecule has 0 saturated heterocycles. The Balaban J connectivity index is 3.23. The molecule has 0 aromatic heterocycles. The number of rotatable bonds is 4. The Morgan fingerprint density at radius 1 is 1.10 bits per heavy atom. The highest BCUT2D eigenvalue weighted by Gasteiger charge is 2.22. The summed E-state index contributed by atoms with van der Waals surface area (Å²) in [6.07, 6.45) is 0.270. The summed E-state index contributed by atoms with van der Waals surface area (Å²) >= 11 is 18.0. The van der Waals surface area contributed by atoms with Crippen molar-refractivity contribution in [3.63, 3.8) is 0 Å². The second-order valence-corrected chi connectivity index (χ2v) is 5.28. The molecule has 4 nitrogen and oxygen atoms in total. The largest absolute Gasteiger partial charge is 0.469 e. The van der Waals surface area contributed by atoms with Crippen LogP contribution < -0.4 is 0 Å². The lowest BCUT2D eigenvalue weighted by Crippen LogP contribution is -2.16. The lowest BCUT2D eigenvalue weighted by molar-refractivity contribution is -0.144. The van der Waals surface area contributed by atoms with Crippen LogP contribution in [0, 0.1) is 5.92 Å². The first-order valence-electron chi connectivity index (χ1n) is 5.66. The van der Waals surface area contributed by atoms with Crippen LogP contribution in [0.2, 0.25) is 15.1 Å². The molecule has 1 rings (SSSR count). The van der Waals surface area contributed by atoms with Gasteiger partial charge in [-0.25, -0.2) is 4.79 Å². The van der Waals surface area contributed by atoms with Crippen LogP contribution in [-0.4, -0.2) is 26.2 Å². The predicted molar refractivity (Wildman–Crippen MR) is 77.7 cm³/mol. The van der Waals surface area contributed by atoms with Crippen LogP contribution in [0.25, 0.3) is 0 Å². The summed E-state index contributed by atoms with van der Waals surface area (Å²) < 4.78 is 9.27. The Labute approximate surface area is 131 Å². The standard InChI is InChI=1S/C13H13Cl3O4/c1-6(12(17)19-2)4-7-5-8(13(18)20-3)10(15)11(16)9(7)14/h5-6H,4H2,1-3H3. The molecule has 0 fully saturated rings. The van der Waals surface area contributed by atoms with Crippen LogP contribution in [0.3, 0.4) is 0 Å². The second kappa shape index (κ2) is 7.16. The molecule has 1 aromatic carbocycles. The zero-order valence-corrected chi connectivity index (χ0v) is 13.4. The van der Waals surface area contributed by atoms with Crippen molar-refractivity contribution in [2.45, 2.75) is 13.3 Å². The van der Waals surface area contributed by atoms with E-state index in [2.05, 4.69) is 9.47 Å². The number of hydrogen-bond donors (Lipinski definition) is 0. The van der Waals surface area contributed by atoms with Gasteiger partial charge < -0.3 is 9.47 Å². The van der Waals surface area contributed by atoms with Crippen molar-refractivity contribution in [2.24, 2.45) is 5.92 Å². The van der Waals surface area contributed by atoms with Gasteiger partial charge in [0, 0.05) is 0 Å². The topological polar surface area (TPSA) is 52.6 Å². The van der Waals surface area contributed by atoms with Crippen molar-refractivity contribution in [3.8, 4) is 0 Å². The quantitative estimate of drug-likeness (QED) is 0.619. The van der Waals surface area contributed by atoms with Crippen molar-refractivity contribution >= 4 is 46.7 Å². The van der Waals surface area contributed by atoms with Crippen LogP contribution in [0.15, 0.2) is 6.07 Å². The molecule has 0 amide bonds. The molecule has 1 atom stereocenters. The van der Waals surface area contributed by atoms with Crippen LogP contribution in [0.5, 0.6) is 0 Å². The molecule has 0 N–H and O–H groups in total. The molecule has 0 radical (unpaired) electrons. The number of carbonyl (C=O) groups excluding carboxylic acids is 2. The van der Waals surface area contributed by atoms with Crippen molar-refractivity contribution in [1.29, 1.82) is 0 Å². The molecule has 20 heavy (non-hydrogen) atoms. The zero-order chi connectivity index (χ0) is 15.4. The molecule has 0 heterocycles. The summed E-state index contributed by atoms with van der Waals surface area (Å²) in [5.41, 5.74) is 0.634. The Morgan fingerprint density at radius 2 is 1.70 bits per heavy atom. The summed E-state index contributed by atoms with van der Waals surface area (Å²) in [7, 11) is 2.53. The minimum atomic E-state index is -0.625. The minimum absolute atomic E-state index is 0.0259. The fourth-order valence-corrected chi connectivity index (χ4v) is 2.40. The van der Waals surface area contributed by atoms with E-state index in [1.165, 1.54) is 20.3 Å². The smallest absolute Gasteiger partial charge is 0.339 e. The van der Waals surface area contributed by atoms with Gasteiger partial charge in [-0.1, -0.05) is 41.7 Å². The van der Waals surface area contributed by atoms with E-state index in [1.807, 2.05) is 0 Å². The normalized spacial score (nSPS) is 11.9. The molecule has 1 aromatic rings. The lowest BCUT2D eigenvalue weighted by atomic mass is 9.99. The molecule has 0 bridgehead atoms. The van der Waals surface area contributed by atoms with Crippen molar-refractivity contribution in [1.82, 2.24) is 0 Å². The van der Waals surface area contributed by atoms with Gasteiger partial charge in [0.15, 0.2) is 0 Å². The first-order chi connectivity index (χ1) is 9.33. The molecule has 0 aliphatic heterocycles. The SMILES string of the molecule is COC(=O)c1cc(CC(C)C(=O)OC)c(Cl)c(Cl)c1Cl. The molecule has 7 heteroatoms. The fourth-order valence-electron chi connectivity index (χ4n) is 1.68. The highest BCUT2D eigenvalue weighted by atomic mass is 35.5. The van der Waals surface area contributed by atoms with Crippen LogP contribution in [0.1, 0.15) is 22.8 Å². The van der Waals surface area contributed by atoms with Gasteiger partial charge in [0.1, 0.15) is 0 Å². The highest BCUT2D eigenvalue weighted by molar-refractivity contribution is 6.49. The number of hydrogen-bond acceptors (Lipinski definition) is 4. The average molecular weight is 340 g/mol. The zero-order valence-electron chi connectivity index (χ0n) is 11.1. The third kappa shape index (κ3) is 3.57. The molecule has 0 aliphatic carbocycles. The summed E-state index contributed by atoms with van der Waals surface area (Å²) in [5, 5.41) is 0.293. The highest BCUT2D eigenvalue weighted by Crippen LogP contribution is 2.37. The number of ether oxygens (including phenoxy) is 2. The summed E-state index contributed by atoms with van der Waals surface area (Å²) in [6, 6.07) is 1.47. The molecular formula is C13H13Cl3O4. The van der Waals surface area contributed by atoms with E-state index in [1.54, 1.807) is 6.92 Å². The van der Waals surface area contributed by atoms with Gasteiger partial charge in [0.05, 0.1) is 40.8 Å².